The zero-order valence-electron chi connectivity index (χ0n) is 15.6. The highest BCUT2D eigenvalue weighted by atomic mass is 35.5. The van der Waals surface area contributed by atoms with Gasteiger partial charge in [0.05, 0.1) is 6.61 Å². The molecule has 0 bridgehead atoms. The highest BCUT2D eigenvalue weighted by Gasteiger charge is 2.15. The van der Waals surface area contributed by atoms with Crippen LogP contribution in [0.15, 0.2) is 48.5 Å². The van der Waals surface area contributed by atoms with Crippen molar-refractivity contribution in [3.63, 3.8) is 0 Å². The molecule has 0 radical (unpaired) electrons. The highest BCUT2D eigenvalue weighted by molar-refractivity contribution is 6.30. The van der Waals surface area contributed by atoms with Crippen LogP contribution >= 0.6 is 11.6 Å². The van der Waals surface area contributed by atoms with Gasteiger partial charge in [0.1, 0.15) is 11.5 Å². The number of amides is 1. The van der Waals surface area contributed by atoms with Crippen molar-refractivity contribution in [2.75, 3.05) is 34.8 Å². The molecule has 0 saturated heterocycles. The maximum Gasteiger partial charge on any atom is 0.414 e. The van der Waals surface area contributed by atoms with Crippen molar-refractivity contribution in [2.24, 2.45) is 0 Å². The summed E-state index contributed by atoms with van der Waals surface area (Å²) in [6.07, 6.45) is 0.435. The second kappa shape index (κ2) is 9.46. The Bertz CT molecular complexity index is 700. The standard InChI is InChI=1S/C20H25ClN2O3/c1-22(2)19(13-14-25-17-11-7-16(21)8-12-17)15-5-9-18(10-6-15)26-20(24)23(3)4/h5-12,19H,13-14H2,1-4H3. The van der Waals surface area contributed by atoms with Crippen LogP contribution in [0, 0.1) is 0 Å². The van der Waals surface area contributed by atoms with E-state index in [-0.39, 0.29) is 6.04 Å². The fraction of sp³-hybridized carbons (Fsp3) is 0.350. The first-order valence-corrected chi connectivity index (χ1v) is 8.78. The largest absolute Gasteiger partial charge is 0.494 e. The molecule has 6 heteroatoms. The lowest BCUT2D eigenvalue weighted by atomic mass is 10.0. The predicted octanol–water partition coefficient (Wildman–Crippen LogP) is 4.47. The van der Waals surface area contributed by atoms with Crippen LogP contribution < -0.4 is 9.47 Å². The molecule has 5 nitrogen and oxygen atoms in total. The van der Waals surface area contributed by atoms with Crippen LogP contribution in [-0.4, -0.2) is 50.7 Å². The first-order chi connectivity index (χ1) is 12.4. The summed E-state index contributed by atoms with van der Waals surface area (Å²) >= 11 is 5.88. The van der Waals surface area contributed by atoms with Gasteiger partial charge in [-0.2, -0.15) is 0 Å². The lowest BCUT2D eigenvalue weighted by Crippen LogP contribution is -2.25. The number of carbonyl (C=O) groups is 1. The van der Waals surface area contributed by atoms with E-state index in [0.717, 1.165) is 17.7 Å². The Balaban J connectivity index is 1.95. The number of nitrogens with zero attached hydrogens (tertiary/aromatic N) is 2. The lowest BCUT2D eigenvalue weighted by molar-refractivity contribution is 0.172. The molecule has 1 atom stereocenters. The molecule has 1 amide bonds. The van der Waals surface area contributed by atoms with Gasteiger partial charge in [-0.3, -0.25) is 0 Å². The molecule has 2 aromatic carbocycles. The summed E-state index contributed by atoms with van der Waals surface area (Å²) in [6, 6.07) is 15.1. The molecular weight excluding hydrogens is 352 g/mol. The topological polar surface area (TPSA) is 42.0 Å². The molecule has 0 aliphatic heterocycles. The summed E-state index contributed by atoms with van der Waals surface area (Å²) in [5.41, 5.74) is 1.14. The molecule has 0 fully saturated rings. The molecule has 0 aromatic heterocycles. The summed E-state index contributed by atoms with van der Waals surface area (Å²) in [6.45, 7) is 0.585. The van der Waals surface area contributed by atoms with Gasteiger partial charge >= 0.3 is 6.09 Å². The number of hydrogen-bond donors (Lipinski definition) is 0. The van der Waals surface area contributed by atoms with E-state index in [1.807, 2.05) is 62.6 Å². The van der Waals surface area contributed by atoms with Crippen molar-refractivity contribution < 1.29 is 14.3 Å². The Hall–Kier alpha value is -2.24. The summed E-state index contributed by atoms with van der Waals surface area (Å²) < 4.78 is 11.1. The van der Waals surface area contributed by atoms with E-state index in [1.54, 1.807) is 14.1 Å². The Morgan fingerprint density at radius 2 is 1.54 bits per heavy atom. The second-order valence-corrected chi connectivity index (χ2v) is 6.84. The summed E-state index contributed by atoms with van der Waals surface area (Å²) in [4.78, 5) is 15.1. The molecule has 0 spiro atoms. The van der Waals surface area contributed by atoms with Gasteiger partial charge in [0, 0.05) is 31.6 Å². The normalized spacial score (nSPS) is 11.9. The Morgan fingerprint density at radius 1 is 0.962 bits per heavy atom. The molecule has 0 N–H and O–H groups in total. The minimum absolute atomic E-state index is 0.195. The average molecular weight is 377 g/mol. The molecule has 0 aliphatic carbocycles. The van der Waals surface area contributed by atoms with Crippen molar-refractivity contribution >= 4 is 17.7 Å². The lowest BCUT2D eigenvalue weighted by Gasteiger charge is -2.25. The van der Waals surface area contributed by atoms with Gasteiger partial charge < -0.3 is 19.3 Å². The van der Waals surface area contributed by atoms with Crippen molar-refractivity contribution in [3.8, 4) is 11.5 Å². The molecule has 0 aliphatic rings. The van der Waals surface area contributed by atoms with Gasteiger partial charge in [0.25, 0.3) is 0 Å². The quantitative estimate of drug-likeness (QED) is 0.714. The van der Waals surface area contributed by atoms with Crippen molar-refractivity contribution in [2.45, 2.75) is 12.5 Å². The number of rotatable bonds is 7. The minimum Gasteiger partial charge on any atom is -0.494 e. The number of ether oxygens (including phenoxy) is 2. The SMILES string of the molecule is CN(C)C(=O)Oc1ccc(C(CCOc2ccc(Cl)cc2)N(C)C)cc1. The Labute approximate surface area is 160 Å². The average Bonchev–Trinajstić information content (AvgIpc) is 2.61. The van der Waals surface area contributed by atoms with Crippen LogP contribution in [0.3, 0.4) is 0 Å². The fourth-order valence-corrected chi connectivity index (χ4v) is 2.62. The van der Waals surface area contributed by atoms with E-state index in [2.05, 4.69) is 4.90 Å². The fourth-order valence-electron chi connectivity index (χ4n) is 2.49. The number of hydrogen-bond acceptors (Lipinski definition) is 4. The van der Waals surface area contributed by atoms with Gasteiger partial charge in [0.15, 0.2) is 0 Å². The van der Waals surface area contributed by atoms with Gasteiger partial charge in [-0.05, 0) is 56.1 Å². The van der Waals surface area contributed by atoms with Gasteiger partial charge in [-0.15, -0.1) is 0 Å². The second-order valence-electron chi connectivity index (χ2n) is 6.40. The third-order valence-electron chi connectivity index (χ3n) is 3.93. The predicted molar refractivity (Wildman–Crippen MR) is 104 cm³/mol. The van der Waals surface area contributed by atoms with Crippen molar-refractivity contribution in [1.29, 1.82) is 0 Å². The number of carbonyl (C=O) groups excluding carboxylic acids is 1. The molecule has 140 valence electrons. The molecule has 26 heavy (non-hydrogen) atoms. The number of benzene rings is 2. The third kappa shape index (κ3) is 5.93. The highest BCUT2D eigenvalue weighted by Crippen LogP contribution is 2.25. The van der Waals surface area contributed by atoms with E-state index in [1.165, 1.54) is 4.90 Å². The Morgan fingerprint density at radius 3 is 2.08 bits per heavy atom. The molecule has 1 unspecified atom stereocenters. The summed E-state index contributed by atoms with van der Waals surface area (Å²) in [5.74, 6) is 1.33. The molecule has 0 saturated carbocycles. The van der Waals surface area contributed by atoms with Crippen LogP contribution in [0.1, 0.15) is 18.0 Å². The van der Waals surface area contributed by atoms with Gasteiger partial charge in [0.2, 0.25) is 0 Å². The van der Waals surface area contributed by atoms with Gasteiger partial charge in [-0.25, -0.2) is 4.79 Å². The smallest absolute Gasteiger partial charge is 0.414 e. The van der Waals surface area contributed by atoms with E-state index in [4.69, 9.17) is 21.1 Å². The maximum absolute atomic E-state index is 11.6. The summed E-state index contributed by atoms with van der Waals surface area (Å²) in [5, 5.41) is 0.693. The first kappa shape index (κ1) is 20.1. The number of halogens is 1. The zero-order valence-corrected chi connectivity index (χ0v) is 16.4. The monoisotopic (exact) mass is 376 g/mol. The minimum atomic E-state index is -0.390. The van der Waals surface area contributed by atoms with Crippen LogP contribution in [0.4, 0.5) is 4.79 Å². The summed E-state index contributed by atoms with van der Waals surface area (Å²) in [7, 11) is 7.37. The zero-order chi connectivity index (χ0) is 19.1. The van der Waals surface area contributed by atoms with Gasteiger partial charge in [-0.1, -0.05) is 23.7 Å². The van der Waals surface area contributed by atoms with Crippen LogP contribution in [0.25, 0.3) is 0 Å². The molecule has 0 heterocycles. The van der Waals surface area contributed by atoms with E-state index >= 15 is 0 Å². The molecule has 2 aromatic rings. The van der Waals surface area contributed by atoms with E-state index in [9.17, 15) is 4.79 Å². The van der Waals surface area contributed by atoms with Crippen LogP contribution in [-0.2, 0) is 0 Å². The van der Waals surface area contributed by atoms with Crippen LogP contribution in [0.5, 0.6) is 11.5 Å². The molecular formula is C20H25ClN2O3. The third-order valence-corrected chi connectivity index (χ3v) is 4.18. The van der Waals surface area contributed by atoms with E-state index in [0.29, 0.717) is 17.4 Å². The van der Waals surface area contributed by atoms with Crippen LogP contribution in [0.2, 0.25) is 5.02 Å². The van der Waals surface area contributed by atoms with E-state index < -0.39 is 6.09 Å². The Kier molecular flexibility index (Phi) is 7.30. The maximum atomic E-state index is 11.6. The first-order valence-electron chi connectivity index (χ1n) is 8.40. The van der Waals surface area contributed by atoms with Crippen molar-refractivity contribution in [3.05, 3.63) is 59.1 Å². The molecule has 2 rings (SSSR count). The van der Waals surface area contributed by atoms with Crippen molar-refractivity contribution in [1.82, 2.24) is 9.80 Å².